The third-order valence-electron chi connectivity index (χ3n) is 2.15. The van der Waals surface area contributed by atoms with E-state index in [1.165, 1.54) is 16.7 Å². The maximum absolute atomic E-state index is 10.1. The summed E-state index contributed by atoms with van der Waals surface area (Å²) in [5, 5.41) is 2.90. The fourth-order valence-electron chi connectivity index (χ4n) is 1.36. The van der Waals surface area contributed by atoms with Gasteiger partial charge in [-0.15, -0.1) is 0 Å². The van der Waals surface area contributed by atoms with Crippen molar-refractivity contribution in [2.45, 2.75) is 27.3 Å². The molecule has 1 aromatic rings. The van der Waals surface area contributed by atoms with Crippen LogP contribution in [0.4, 0.5) is 0 Å². The summed E-state index contributed by atoms with van der Waals surface area (Å²) in [4.78, 5) is 10.1. The van der Waals surface area contributed by atoms with E-state index < -0.39 is 0 Å². The zero-order valence-electron chi connectivity index (χ0n) is 7.72. The fraction of sp³-hybridized carbons (Fsp3) is 0.400. The summed E-state index contributed by atoms with van der Waals surface area (Å²) >= 11 is 0. The van der Waals surface area contributed by atoms with Crippen LogP contribution in [0.2, 0.25) is 0 Å². The Morgan fingerprint density at radius 1 is 1.25 bits per heavy atom. The van der Waals surface area contributed by atoms with Gasteiger partial charge in [0.2, 0.25) is 0 Å². The molecule has 0 bridgehead atoms. The summed E-state index contributed by atoms with van der Waals surface area (Å²) in [5.41, 5.74) is 4.65. The molecule has 1 rings (SSSR count). The highest BCUT2D eigenvalue weighted by molar-refractivity contribution is 5.37. The molecule has 0 aliphatic heterocycles. The van der Waals surface area contributed by atoms with E-state index in [4.69, 9.17) is 0 Å². The summed E-state index contributed by atoms with van der Waals surface area (Å²) in [6.07, 6.45) is 0. The summed E-state index contributed by atoms with van der Waals surface area (Å²) in [7, 11) is 0. The smallest absolute Gasteiger partial charge is 0.106 e. The molecule has 12 heavy (non-hydrogen) atoms. The molecular weight excluding hydrogens is 150 g/mol. The van der Waals surface area contributed by atoms with Crippen molar-refractivity contribution in [1.29, 1.82) is 0 Å². The maximum Gasteiger partial charge on any atom is 0.106 e. The van der Waals surface area contributed by atoms with Crippen LogP contribution in [0.3, 0.4) is 0 Å². The van der Waals surface area contributed by atoms with Crippen molar-refractivity contribution in [3.05, 3.63) is 39.3 Å². The first-order chi connectivity index (χ1) is 5.65. The zero-order valence-corrected chi connectivity index (χ0v) is 7.72. The van der Waals surface area contributed by atoms with Crippen molar-refractivity contribution in [2.24, 2.45) is 5.18 Å². The van der Waals surface area contributed by atoms with Gasteiger partial charge in [0.25, 0.3) is 0 Å². The Balaban J connectivity index is 3.17. The maximum atomic E-state index is 10.1. The summed E-state index contributed by atoms with van der Waals surface area (Å²) < 4.78 is 0. The number of hydrogen-bond acceptors (Lipinski definition) is 2. The SMILES string of the molecule is Cc1cc(C)c(C)c(CN=O)c1. The lowest BCUT2D eigenvalue weighted by Crippen LogP contribution is -1.91. The number of nitrogens with zero attached hydrogens (tertiary/aromatic N) is 1. The third kappa shape index (κ3) is 1.70. The molecule has 1 aromatic carbocycles. The molecule has 0 aliphatic rings. The molecule has 2 heteroatoms. The highest BCUT2D eigenvalue weighted by Gasteiger charge is 2.01. The van der Waals surface area contributed by atoms with E-state index in [2.05, 4.69) is 18.2 Å². The van der Waals surface area contributed by atoms with Gasteiger partial charge in [-0.2, -0.15) is 4.91 Å². The van der Waals surface area contributed by atoms with Gasteiger partial charge in [0.1, 0.15) is 6.54 Å². The van der Waals surface area contributed by atoms with Crippen molar-refractivity contribution in [2.75, 3.05) is 0 Å². The van der Waals surface area contributed by atoms with Crippen LogP contribution in [0.1, 0.15) is 22.3 Å². The lowest BCUT2D eigenvalue weighted by atomic mass is 10.0. The van der Waals surface area contributed by atoms with Crippen molar-refractivity contribution in [3.8, 4) is 0 Å². The van der Waals surface area contributed by atoms with E-state index in [0.717, 1.165) is 5.56 Å². The average molecular weight is 163 g/mol. The molecule has 0 spiro atoms. The molecule has 0 fully saturated rings. The molecule has 0 radical (unpaired) electrons. The second-order valence-electron chi connectivity index (χ2n) is 3.15. The minimum atomic E-state index is 0.286. The van der Waals surface area contributed by atoms with Gasteiger partial charge in [-0.05, 0) is 37.5 Å². The molecule has 0 unspecified atom stereocenters. The fourth-order valence-corrected chi connectivity index (χ4v) is 1.36. The molecule has 2 nitrogen and oxygen atoms in total. The Morgan fingerprint density at radius 2 is 1.92 bits per heavy atom. The highest BCUT2D eigenvalue weighted by Crippen LogP contribution is 2.16. The molecule has 0 atom stereocenters. The Morgan fingerprint density at radius 3 is 2.50 bits per heavy atom. The summed E-state index contributed by atoms with van der Waals surface area (Å²) in [6, 6.07) is 4.13. The number of nitroso groups, excluding NO2 is 1. The van der Waals surface area contributed by atoms with Crippen LogP contribution in [0.15, 0.2) is 17.3 Å². The normalized spacial score (nSPS) is 9.92. The van der Waals surface area contributed by atoms with Gasteiger partial charge in [0, 0.05) is 0 Å². The lowest BCUT2D eigenvalue weighted by Gasteiger charge is -2.06. The minimum Gasteiger partial charge on any atom is -0.150 e. The van der Waals surface area contributed by atoms with Crippen molar-refractivity contribution in [1.82, 2.24) is 0 Å². The number of hydrogen-bond donors (Lipinski definition) is 0. The average Bonchev–Trinajstić information content (AvgIpc) is 2.00. The minimum absolute atomic E-state index is 0.286. The summed E-state index contributed by atoms with van der Waals surface area (Å²) in [5.74, 6) is 0. The lowest BCUT2D eigenvalue weighted by molar-refractivity contribution is 1.02. The number of rotatable bonds is 2. The predicted molar refractivity (Wildman–Crippen MR) is 50.2 cm³/mol. The van der Waals surface area contributed by atoms with E-state index in [1.807, 2.05) is 19.9 Å². The zero-order chi connectivity index (χ0) is 9.14. The molecule has 0 N–H and O–H groups in total. The first-order valence-corrected chi connectivity index (χ1v) is 4.01. The number of benzene rings is 1. The van der Waals surface area contributed by atoms with E-state index in [1.54, 1.807) is 0 Å². The molecule has 64 valence electrons. The van der Waals surface area contributed by atoms with Crippen LogP contribution in [-0.4, -0.2) is 0 Å². The van der Waals surface area contributed by atoms with E-state index in [0.29, 0.717) is 0 Å². The van der Waals surface area contributed by atoms with E-state index in [-0.39, 0.29) is 6.54 Å². The summed E-state index contributed by atoms with van der Waals surface area (Å²) in [6.45, 7) is 6.39. The quantitative estimate of drug-likeness (QED) is 0.616. The largest absolute Gasteiger partial charge is 0.150 e. The van der Waals surface area contributed by atoms with Gasteiger partial charge in [-0.25, -0.2) is 0 Å². The second kappa shape index (κ2) is 3.48. The number of aryl methyl sites for hydroxylation is 2. The van der Waals surface area contributed by atoms with Crippen LogP contribution in [0.5, 0.6) is 0 Å². The molecule has 0 saturated carbocycles. The Hall–Kier alpha value is -1.18. The molecule has 0 aliphatic carbocycles. The first kappa shape index (κ1) is 8.91. The Kier molecular flexibility index (Phi) is 2.58. The van der Waals surface area contributed by atoms with Crippen LogP contribution < -0.4 is 0 Å². The molecule has 0 aromatic heterocycles. The standard InChI is InChI=1S/C10H13NO/c1-7-4-8(2)9(3)10(5-7)6-11-12/h4-5H,6H2,1-3H3. The monoisotopic (exact) mass is 163 g/mol. The Labute approximate surface area is 72.6 Å². The topological polar surface area (TPSA) is 29.4 Å². The molecular formula is C10H13NO. The van der Waals surface area contributed by atoms with Gasteiger partial charge < -0.3 is 0 Å². The van der Waals surface area contributed by atoms with Crippen molar-refractivity contribution >= 4 is 0 Å². The van der Waals surface area contributed by atoms with Gasteiger partial charge in [-0.3, -0.25) is 0 Å². The van der Waals surface area contributed by atoms with Crippen molar-refractivity contribution < 1.29 is 0 Å². The van der Waals surface area contributed by atoms with Gasteiger partial charge in [-0.1, -0.05) is 22.9 Å². The van der Waals surface area contributed by atoms with Crippen LogP contribution in [0.25, 0.3) is 0 Å². The highest BCUT2D eigenvalue weighted by atomic mass is 16.3. The van der Waals surface area contributed by atoms with Gasteiger partial charge in [0.15, 0.2) is 0 Å². The third-order valence-corrected chi connectivity index (χ3v) is 2.15. The molecule has 0 heterocycles. The van der Waals surface area contributed by atoms with Crippen LogP contribution in [0, 0.1) is 25.7 Å². The van der Waals surface area contributed by atoms with Crippen LogP contribution >= 0.6 is 0 Å². The van der Waals surface area contributed by atoms with Gasteiger partial charge in [0.05, 0.1) is 0 Å². The predicted octanol–water partition coefficient (Wildman–Crippen LogP) is 2.88. The second-order valence-corrected chi connectivity index (χ2v) is 3.15. The Bertz CT molecular complexity index is 305. The van der Waals surface area contributed by atoms with Crippen molar-refractivity contribution in [3.63, 3.8) is 0 Å². The van der Waals surface area contributed by atoms with E-state index >= 15 is 0 Å². The van der Waals surface area contributed by atoms with Crippen LogP contribution in [-0.2, 0) is 6.54 Å². The van der Waals surface area contributed by atoms with E-state index in [9.17, 15) is 4.91 Å². The first-order valence-electron chi connectivity index (χ1n) is 4.01. The molecule has 0 saturated heterocycles. The molecule has 0 amide bonds. The van der Waals surface area contributed by atoms with Gasteiger partial charge >= 0.3 is 0 Å².